The highest BCUT2D eigenvalue weighted by Crippen LogP contribution is 2.20. The van der Waals surface area contributed by atoms with E-state index in [0.717, 1.165) is 3.57 Å². The SMILES string of the molecule is C[C@@H](O)c1cc(F)ccc1I. The summed E-state index contributed by atoms with van der Waals surface area (Å²) in [4.78, 5) is 0. The lowest BCUT2D eigenvalue weighted by atomic mass is 10.1. The van der Waals surface area contributed by atoms with Gasteiger partial charge in [-0.25, -0.2) is 4.39 Å². The zero-order valence-corrected chi connectivity index (χ0v) is 8.17. The number of hydrogen-bond acceptors (Lipinski definition) is 1. The highest BCUT2D eigenvalue weighted by molar-refractivity contribution is 14.1. The summed E-state index contributed by atoms with van der Waals surface area (Å²) >= 11 is 2.07. The monoisotopic (exact) mass is 266 g/mol. The van der Waals surface area contributed by atoms with Crippen LogP contribution in [0.5, 0.6) is 0 Å². The Morgan fingerprint density at radius 1 is 1.55 bits per heavy atom. The first-order valence-corrected chi connectivity index (χ1v) is 4.32. The van der Waals surface area contributed by atoms with Crippen LogP contribution in [-0.4, -0.2) is 5.11 Å². The maximum Gasteiger partial charge on any atom is 0.123 e. The molecular formula is C8H8FIO. The summed E-state index contributed by atoms with van der Waals surface area (Å²) in [6.07, 6.45) is -0.599. The third-order valence-electron chi connectivity index (χ3n) is 1.41. The van der Waals surface area contributed by atoms with Gasteiger partial charge in [0.1, 0.15) is 5.82 Å². The molecule has 3 heteroatoms. The standard InChI is InChI=1S/C8H8FIO/c1-5(11)7-4-6(9)2-3-8(7)10/h2-5,11H,1H3/t5-/m1/s1. The molecule has 1 atom stereocenters. The molecule has 1 rings (SSSR count). The molecule has 0 heterocycles. The normalized spacial score (nSPS) is 13.1. The Bertz CT molecular complexity index is 260. The lowest BCUT2D eigenvalue weighted by molar-refractivity contribution is 0.198. The summed E-state index contributed by atoms with van der Waals surface area (Å²) < 4.78 is 13.5. The summed E-state index contributed by atoms with van der Waals surface area (Å²) in [7, 11) is 0. The number of aliphatic hydroxyl groups excluding tert-OH is 1. The molecule has 0 aliphatic rings. The molecule has 1 aromatic carbocycles. The summed E-state index contributed by atoms with van der Waals surface area (Å²) in [6, 6.07) is 4.39. The second kappa shape index (κ2) is 3.49. The second-order valence-corrected chi connectivity index (χ2v) is 3.50. The molecule has 0 bridgehead atoms. The van der Waals surface area contributed by atoms with Crippen LogP contribution >= 0.6 is 22.6 Å². The molecule has 0 radical (unpaired) electrons. The summed E-state index contributed by atoms with van der Waals surface area (Å²) in [5.41, 5.74) is 0.644. The molecular weight excluding hydrogens is 258 g/mol. The fourth-order valence-corrected chi connectivity index (χ4v) is 1.62. The van der Waals surface area contributed by atoms with Gasteiger partial charge < -0.3 is 5.11 Å². The van der Waals surface area contributed by atoms with Crippen LogP contribution in [0.3, 0.4) is 0 Å². The van der Waals surface area contributed by atoms with Gasteiger partial charge in [0.2, 0.25) is 0 Å². The summed E-state index contributed by atoms with van der Waals surface area (Å²) in [5, 5.41) is 9.16. The van der Waals surface area contributed by atoms with Gasteiger partial charge in [0, 0.05) is 3.57 Å². The predicted octanol–water partition coefficient (Wildman–Crippen LogP) is 2.48. The van der Waals surface area contributed by atoms with E-state index in [1.54, 1.807) is 13.0 Å². The highest BCUT2D eigenvalue weighted by Gasteiger charge is 2.05. The van der Waals surface area contributed by atoms with E-state index in [2.05, 4.69) is 22.6 Å². The van der Waals surface area contributed by atoms with Crippen LogP contribution < -0.4 is 0 Å². The van der Waals surface area contributed by atoms with Crippen molar-refractivity contribution in [3.63, 3.8) is 0 Å². The van der Waals surface area contributed by atoms with Crippen molar-refractivity contribution in [2.45, 2.75) is 13.0 Å². The Kier molecular flexibility index (Phi) is 2.84. The Balaban J connectivity index is 3.13. The van der Waals surface area contributed by atoms with Crippen LogP contribution in [0.1, 0.15) is 18.6 Å². The van der Waals surface area contributed by atoms with E-state index >= 15 is 0 Å². The predicted molar refractivity (Wildman–Crippen MR) is 49.8 cm³/mol. The quantitative estimate of drug-likeness (QED) is 0.774. The zero-order chi connectivity index (χ0) is 8.43. The third kappa shape index (κ3) is 2.13. The number of hydrogen-bond donors (Lipinski definition) is 1. The largest absolute Gasteiger partial charge is 0.389 e. The molecule has 0 aromatic heterocycles. The molecule has 1 aromatic rings. The summed E-state index contributed by atoms with van der Waals surface area (Å²) in [6.45, 7) is 1.62. The maximum atomic E-state index is 12.6. The molecule has 1 N–H and O–H groups in total. The lowest BCUT2D eigenvalue weighted by Gasteiger charge is -2.06. The molecule has 60 valence electrons. The minimum Gasteiger partial charge on any atom is -0.389 e. The third-order valence-corrected chi connectivity index (χ3v) is 2.39. The topological polar surface area (TPSA) is 20.2 Å². The molecule has 0 aliphatic carbocycles. The van der Waals surface area contributed by atoms with Crippen LogP contribution in [0.4, 0.5) is 4.39 Å². The first kappa shape index (κ1) is 8.93. The van der Waals surface area contributed by atoms with E-state index in [0.29, 0.717) is 5.56 Å². The van der Waals surface area contributed by atoms with Crippen molar-refractivity contribution in [2.75, 3.05) is 0 Å². The number of halogens is 2. The first-order valence-electron chi connectivity index (χ1n) is 3.24. The van der Waals surface area contributed by atoms with Crippen molar-refractivity contribution >= 4 is 22.6 Å². The van der Waals surface area contributed by atoms with Gasteiger partial charge in [0.05, 0.1) is 6.10 Å². The Morgan fingerprint density at radius 2 is 2.18 bits per heavy atom. The van der Waals surface area contributed by atoms with Crippen molar-refractivity contribution in [1.29, 1.82) is 0 Å². The Labute approximate surface area is 78.4 Å². The minimum absolute atomic E-state index is 0.304. The smallest absolute Gasteiger partial charge is 0.123 e. The Hall–Kier alpha value is -0.160. The Morgan fingerprint density at radius 3 is 2.64 bits per heavy atom. The van der Waals surface area contributed by atoms with Crippen molar-refractivity contribution in [3.05, 3.63) is 33.1 Å². The fraction of sp³-hybridized carbons (Fsp3) is 0.250. The first-order chi connectivity index (χ1) is 5.11. The van der Waals surface area contributed by atoms with E-state index in [-0.39, 0.29) is 5.82 Å². The van der Waals surface area contributed by atoms with Crippen molar-refractivity contribution in [3.8, 4) is 0 Å². The molecule has 1 nitrogen and oxygen atoms in total. The number of benzene rings is 1. The van der Waals surface area contributed by atoms with Gasteiger partial charge in [0.25, 0.3) is 0 Å². The van der Waals surface area contributed by atoms with E-state index in [1.165, 1.54) is 12.1 Å². The molecule has 0 fully saturated rings. The van der Waals surface area contributed by atoms with Gasteiger partial charge >= 0.3 is 0 Å². The minimum atomic E-state index is -0.599. The van der Waals surface area contributed by atoms with Gasteiger partial charge in [-0.2, -0.15) is 0 Å². The van der Waals surface area contributed by atoms with Crippen molar-refractivity contribution < 1.29 is 9.50 Å². The van der Waals surface area contributed by atoms with Crippen LogP contribution in [-0.2, 0) is 0 Å². The molecule has 11 heavy (non-hydrogen) atoms. The zero-order valence-electron chi connectivity index (χ0n) is 6.01. The molecule has 0 unspecified atom stereocenters. The number of aliphatic hydroxyl groups is 1. The fourth-order valence-electron chi connectivity index (χ4n) is 0.835. The van der Waals surface area contributed by atoms with Gasteiger partial charge in [-0.1, -0.05) is 0 Å². The maximum absolute atomic E-state index is 12.6. The van der Waals surface area contributed by atoms with Gasteiger partial charge in [-0.3, -0.25) is 0 Å². The van der Waals surface area contributed by atoms with E-state index in [9.17, 15) is 4.39 Å². The lowest BCUT2D eigenvalue weighted by Crippen LogP contribution is -1.95. The molecule has 0 saturated carbocycles. The molecule has 0 aliphatic heterocycles. The summed E-state index contributed by atoms with van der Waals surface area (Å²) in [5.74, 6) is -0.304. The molecule has 0 spiro atoms. The van der Waals surface area contributed by atoms with E-state index in [1.807, 2.05) is 0 Å². The second-order valence-electron chi connectivity index (χ2n) is 2.34. The van der Waals surface area contributed by atoms with E-state index < -0.39 is 6.10 Å². The van der Waals surface area contributed by atoms with Crippen molar-refractivity contribution in [1.82, 2.24) is 0 Å². The molecule has 0 saturated heterocycles. The van der Waals surface area contributed by atoms with Crippen LogP contribution in [0.2, 0.25) is 0 Å². The average Bonchev–Trinajstić information content (AvgIpc) is 1.94. The van der Waals surface area contributed by atoms with Gasteiger partial charge in [-0.15, -0.1) is 0 Å². The van der Waals surface area contributed by atoms with Gasteiger partial charge in [0.15, 0.2) is 0 Å². The van der Waals surface area contributed by atoms with Crippen LogP contribution in [0.15, 0.2) is 18.2 Å². The van der Waals surface area contributed by atoms with Crippen LogP contribution in [0.25, 0.3) is 0 Å². The number of rotatable bonds is 1. The van der Waals surface area contributed by atoms with Crippen molar-refractivity contribution in [2.24, 2.45) is 0 Å². The molecule has 0 amide bonds. The van der Waals surface area contributed by atoms with E-state index in [4.69, 9.17) is 5.11 Å². The average molecular weight is 266 g/mol. The van der Waals surface area contributed by atoms with Gasteiger partial charge in [-0.05, 0) is 53.3 Å². The van der Waals surface area contributed by atoms with Crippen LogP contribution in [0, 0.1) is 9.39 Å². The highest BCUT2D eigenvalue weighted by atomic mass is 127.